The zero-order valence-corrected chi connectivity index (χ0v) is 8.89. The van der Waals surface area contributed by atoms with Gasteiger partial charge in [0.15, 0.2) is 0 Å². The second-order valence-electron chi connectivity index (χ2n) is 3.25. The molecular weight excluding hydrogens is 196 g/mol. The number of pyridine rings is 1. The van der Waals surface area contributed by atoms with Crippen LogP contribution in [-0.4, -0.2) is 12.0 Å². The van der Waals surface area contributed by atoms with Crippen LogP contribution in [0.15, 0.2) is 24.4 Å². The molecule has 0 bridgehead atoms. The van der Waals surface area contributed by atoms with E-state index in [2.05, 4.69) is 16.4 Å². The van der Waals surface area contributed by atoms with E-state index in [1.165, 1.54) is 0 Å². The lowest BCUT2D eigenvalue weighted by atomic mass is 10.1. The maximum absolute atomic E-state index is 6.10. The fourth-order valence-electron chi connectivity index (χ4n) is 1.57. The van der Waals surface area contributed by atoms with Crippen molar-refractivity contribution in [2.24, 2.45) is 0 Å². The Morgan fingerprint density at radius 2 is 2.14 bits per heavy atom. The Bertz CT molecular complexity index is 480. The second kappa shape index (κ2) is 3.46. The first-order valence-electron chi connectivity index (χ1n) is 4.45. The van der Waals surface area contributed by atoms with E-state index in [1.54, 1.807) is 6.20 Å². The molecule has 14 heavy (non-hydrogen) atoms. The molecular formula is C11H11ClN2. The monoisotopic (exact) mass is 206 g/mol. The largest absolute Gasteiger partial charge is 0.388 e. The second-order valence-corrected chi connectivity index (χ2v) is 3.66. The maximum Gasteiger partial charge on any atom is 0.0909 e. The third kappa shape index (κ3) is 1.42. The molecule has 0 saturated carbocycles. The number of halogens is 1. The number of aromatic nitrogens is 1. The first kappa shape index (κ1) is 9.28. The average Bonchev–Trinajstić information content (AvgIpc) is 2.17. The Morgan fingerprint density at radius 1 is 1.36 bits per heavy atom. The van der Waals surface area contributed by atoms with Crippen LogP contribution in [0, 0.1) is 6.92 Å². The summed E-state index contributed by atoms with van der Waals surface area (Å²) in [5, 5.41) is 4.90. The van der Waals surface area contributed by atoms with Gasteiger partial charge in [-0.3, -0.25) is 4.98 Å². The summed E-state index contributed by atoms with van der Waals surface area (Å²) in [6.45, 7) is 2.03. The van der Waals surface area contributed by atoms with E-state index in [1.807, 2.05) is 26.1 Å². The number of anilines is 1. The number of nitrogens with zero attached hydrogens (tertiary/aromatic N) is 1. The van der Waals surface area contributed by atoms with Gasteiger partial charge in [-0.15, -0.1) is 0 Å². The highest BCUT2D eigenvalue weighted by Crippen LogP contribution is 2.28. The summed E-state index contributed by atoms with van der Waals surface area (Å²) in [7, 11) is 1.89. The standard InChI is InChI=1S/C11H11ClN2/c1-7-5-8-10(13-2)3-4-14-11(8)9(12)6-7/h3-6H,1-2H3,(H,13,14). The molecule has 0 radical (unpaired) electrons. The van der Waals surface area contributed by atoms with Crippen molar-refractivity contribution in [1.29, 1.82) is 0 Å². The molecule has 0 amide bonds. The summed E-state index contributed by atoms with van der Waals surface area (Å²) in [5.74, 6) is 0. The number of fused-ring (bicyclic) bond motifs is 1. The van der Waals surface area contributed by atoms with Crippen molar-refractivity contribution < 1.29 is 0 Å². The van der Waals surface area contributed by atoms with Gasteiger partial charge in [-0.2, -0.15) is 0 Å². The number of rotatable bonds is 1. The Balaban J connectivity index is 2.86. The molecule has 72 valence electrons. The first-order valence-corrected chi connectivity index (χ1v) is 4.83. The quantitative estimate of drug-likeness (QED) is 0.775. The Hall–Kier alpha value is -1.28. The summed E-state index contributed by atoms with van der Waals surface area (Å²) in [6.07, 6.45) is 1.76. The van der Waals surface area contributed by atoms with Crippen molar-refractivity contribution in [2.75, 3.05) is 12.4 Å². The number of hydrogen-bond acceptors (Lipinski definition) is 2. The van der Waals surface area contributed by atoms with Crippen molar-refractivity contribution >= 4 is 28.2 Å². The van der Waals surface area contributed by atoms with Crippen LogP contribution < -0.4 is 5.32 Å². The zero-order valence-electron chi connectivity index (χ0n) is 8.13. The molecule has 1 aromatic heterocycles. The van der Waals surface area contributed by atoms with E-state index in [0.717, 1.165) is 22.2 Å². The van der Waals surface area contributed by atoms with E-state index in [0.29, 0.717) is 5.02 Å². The van der Waals surface area contributed by atoms with Gasteiger partial charge in [0.05, 0.1) is 10.5 Å². The number of hydrogen-bond donors (Lipinski definition) is 1. The topological polar surface area (TPSA) is 24.9 Å². The molecule has 2 nitrogen and oxygen atoms in total. The molecule has 0 spiro atoms. The van der Waals surface area contributed by atoms with Crippen LogP contribution in [0.2, 0.25) is 5.02 Å². The van der Waals surface area contributed by atoms with Gasteiger partial charge in [-0.25, -0.2) is 0 Å². The van der Waals surface area contributed by atoms with Crippen LogP contribution in [0.4, 0.5) is 5.69 Å². The van der Waals surface area contributed by atoms with Crippen LogP contribution >= 0.6 is 11.6 Å². The predicted molar refractivity (Wildman–Crippen MR) is 61.0 cm³/mol. The van der Waals surface area contributed by atoms with Crippen LogP contribution in [0.5, 0.6) is 0 Å². The normalized spacial score (nSPS) is 10.5. The van der Waals surface area contributed by atoms with Gasteiger partial charge in [0.1, 0.15) is 0 Å². The minimum absolute atomic E-state index is 0.706. The molecule has 0 aliphatic carbocycles. The van der Waals surface area contributed by atoms with Crippen molar-refractivity contribution in [1.82, 2.24) is 4.98 Å². The summed E-state index contributed by atoms with van der Waals surface area (Å²) in [5.41, 5.74) is 3.05. The molecule has 0 atom stereocenters. The van der Waals surface area contributed by atoms with Gasteiger partial charge < -0.3 is 5.32 Å². The Labute approximate surface area is 87.9 Å². The van der Waals surface area contributed by atoms with Gasteiger partial charge in [0, 0.05) is 24.3 Å². The van der Waals surface area contributed by atoms with Gasteiger partial charge in [-0.05, 0) is 30.7 Å². The highest BCUT2D eigenvalue weighted by Gasteiger charge is 2.04. The maximum atomic E-state index is 6.10. The third-order valence-corrected chi connectivity index (χ3v) is 2.50. The van der Waals surface area contributed by atoms with Gasteiger partial charge >= 0.3 is 0 Å². The van der Waals surface area contributed by atoms with Crippen LogP contribution in [0.1, 0.15) is 5.56 Å². The van der Waals surface area contributed by atoms with Crippen LogP contribution in [0.25, 0.3) is 10.9 Å². The lowest BCUT2D eigenvalue weighted by Gasteiger charge is -2.07. The van der Waals surface area contributed by atoms with Crippen LogP contribution in [0.3, 0.4) is 0 Å². The summed E-state index contributed by atoms with van der Waals surface area (Å²) in [4.78, 5) is 4.26. The minimum atomic E-state index is 0.706. The Kier molecular flexibility index (Phi) is 2.30. The predicted octanol–water partition coefficient (Wildman–Crippen LogP) is 3.24. The summed E-state index contributed by atoms with van der Waals surface area (Å²) < 4.78 is 0. The van der Waals surface area contributed by atoms with E-state index in [9.17, 15) is 0 Å². The smallest absolute Gasteiger partial charge is 0.0909 e. The molecule has 1 heterocycles. The number of benzene rings is 1. The van der Waals surface area contributed by atoms with E-state index in [4.69, 9.17) is 11.6 Å². The van der Waals surface area contributed by atoms with Crippen molar-refractivity contribution in [3.63, 3.8) is 0 Å². The number of nitrogens with one attached hydrogen (secondary N) is 1. The fraction of sp³-hybridized carbons (Fsp3) is 0.182. The van der Waals surface area contributed by atoms with Crippen molar-refractivity contribution in [3.8, 4) is 0 Å². The number of aryl methyl sites for hydroxylation is 1. The first-order chi connectivity index (χ1) is 6.72. The molecule has 0 fully saturated rings. The Morgan fingerprint density at radius 3 is 2.86 bits per heavy atom. The lowest BCUT2D eigenvalue weighted by Crippen LogP contribution is -1.91. The molecule has 1 aromatic carbocycles. The molecule has 0 aliphatic heterocycles. The minimum Gasteiger partial charge on any atom is -0.388 e. The molecule has 1 N–H and O–H groups in total. The van der Waals surface area contributed by atoms with E-state index in [-0.39, 0.29) is 0 Å². The third-order valence-electron chi connectivity index (χ3n) is 2.21. The summed E-state index contributed by atoms with van der Waals surface area (Å²) in [6, 6.07) is 5.95. The van der Waals surface area contributed by atoms with Gasteiger partial charge in [-0.1, -0.05) is 11.6 Å². The highest BCUT2D eigenvalue weighted by atomic mass is 35.5. The molecule has 0 aliphatic rings. The van der Waals surface area contributed by atoms with E-state index >= 15 is 0 Å². The summed E-state index contributed by atoms with van der Waals surface area (Å²) >= 11 is 6.10. The van der Waals surface area contributed by atoms with E-state index < -0.39 is 0 Å². The van der Waals surface area contributed by atoms with Crippen molar-refractivity contribution in [3.05, 3.63) is 35.0 Å². The lowest BCUT2D eigenvalue weighted by molar-refractivity contribution is 1.38. The highest BCUT2D eigenvalue weighted by molar-refractivity contribution is 6.35. The zero-order chi connectivity index (χ0) is 10.1. The van der Waals surface area contributed by atoms with Crippen LogP contribution in [-0.2, 0) is 0 Å². The fourth-order valence-corrected chi connectivity index (χ4v) is 1.89. The average molecular weight is 207 g/mol. The molecule has 2 aromatic rings. The molecule has 2 rings (SSSR count). The molecule has 0 saturated heterocycles. The molecule has 0 unspecified atom stereocenters. The van der Waals surface area contributed by atoms with Crippen molar-refractivity contribution in [2.45, 2.75) is 6.92 Å². The molecule has 3 heteroatoms. The van der Waals surface area contributed by atoms with Gasteiger partial charge in [0.25, 0.3) is 0 Å². The SMILES string of the molecule is CNc1ccnc2c(Cl)cc(C)cc12. The van der Waals surface area contributed by atoms with Gasteiger partial charge in [0.2, 0.25) is 0 Å².